The standard InChI is InChI=1S/C15H27NO8/c1-7-13(20)14(21)11(6-18)24-15(7)23-9-3-4-22-10(5-17)12(9)16-8(2)19/h7,9-15,17-18,20-21H,3-6H2,1-2H3,(H,16,19)/t7?,9-,10?,11?,12-,13-,14+,15-/m1/s1. The highest BCUT2D eigenvalue weighted by Gasteiger charge is 2.45. The number of hydrogen-bond acceptors (Lipinski definition) is 8. The molecule has 0 saturated carbocycles. The topological polar surface area (TPSA) is 138 Å². The molecule has 9 heteroatoms. The fourth-order valence-electron chi connectivity index (χ4n) is 3.15. The molecule has 2 rings (SSSR count). The zero-order valence-electron chi connectivity index (χ0n) is 13.9. The number of carbonyl (C=O) groups excluding carboxylic acids is 1. The first-order valence-corrected chi connectivity index (χ1v) is 8.16. The van der Waals surface area contributed by atoms with E-state index in [1.807, 2.05) is 0 Å². The van der Waals surface area contributed by atoms with E-state index in [9.17, 15) is 25.2 Å². The Labute approximate surface area is 140 Å². The van der Waals surface area contributed by atoms with Gasteiger partial charge in [-0.3, -0.25) is 4.79 Å². The Hall–Kier alpha value is -0.810. The zero-order valence-corrected chi connectivity index (χ0v) is 13.9. The summed E-state index contributed by atoms with van der Waals surface area (Å²) in [5, 5.41) is 41.4. The lowest BCUT2D eigenvalue weighted by atomic mass is 9.92. The van der Waals surface area contributed by atoms with Gasteiger partial charge in [0.1, 0.15) is 18.3 Å². The Morgan fingerprint density at radius 1 is 1.21 bits per heavy atom. The molecule has 0 aromatic rings. The molecule has 0 radical (unpaired) electrons. The van der Waals surface area contributed by atoms with E-state index < -0.39 is 55.4 Å². The van der Waals surface area contributed by atoms with E-state index in [4.69, 9.17) is 14.2 Å². The highest BCUT2D eigenvalue weighted by Crippen LogP contribution is 2.30. The third-order valence-corrected chi connectivity index (χ3v) is 4.58. The van der Waals surface area contributed by atoms with Crippen molar-refractivity contribution in [3.05, 3.63) is 0 Å². The lowest BCUT2D eigenvalue weighted by molar-refractivity contribution is -0.302. The fourth-order valence-corrected chi connectivity index (χ4v) is 3.15. The first kappa shape index (κ1) is 19.5. The van der Waals surface area contributed by atoms with E-state index in [1.165, 1.54) is 6.92 Å². The van der Waals surface area contributed by atoms with Gasteiger partial charge in [0.05, 0.1) is 31.5 Å². The van der Waals surface area contributed by atoms with Gasteiger partial charge < -0.3 is 40.0 Å². The van der Waals surface area contributed by atoms with Gasteiger partial charge in [-0.1, -0.05) is 6.92 Å². The van der Waals surface area contributed by atoms with Crippen molar-refractivity contribution in [1.82, 2.24) is 5.32 Å². The molecule has 2 saturated heterocycles. The highest BCUT2D eigenvalue weighted by molar-refractivity contribution is 5.73. The lowest BCUT2D eigenvalue weighted by Crippen LogP contribution is -2.60. The predicted octanol–water partition coefficient (Wildman–Crippen LogP) is -2.27. The normalized spacial score (nSPS) is 43.4. The summed E-state index contributed by atoms with van der Waals surface area (Å²) in [6.45, 7) is 2.66. The number of rotatable bonds is 5. The van der Waals surface area contributed by atoms with Crippen LogP contribution in [-0.4, -0.2) is 89.0 Å². The van der Waals surface area contributed by atoms with E-state index in [0.717, 1.165) is 0 Å². The molecule has 2 heterocycles. The zero-order chi connectivity index (χ0) is 17.9. The maximum absolute atomic E-state index is 11.4. The second kappa shape index (κ2) is 8.52. The van der Waals surface area contributed by atoms with Gasteiger partial charge >= 0.3 is 0 Å². The van der Waals surface area contributed by atoms with Gasteiger partial charge in [-0.25, -0.2) is 0 Å². The molecule has 0 aromatic heterocycles. The van der Waals surface area contributed by atoms with Gasteiger partial charge in [0.15, 0.2) is 6.29 Å². The van der Waals surface area contributed by atoms with E-state index in [1.54, 1.807) is 6.92 Å². The number of nitrogens with one attached hydrogen (secondary N) is 1. The summed E-state index contributed by atoms with van der Waals surface area (Å²) in [7, 11) is 0. The maximum atomic E-state index is 11.4. The average molecular weight is 349 g/mol. The Balaban J connectivity index is 2.09. The SMILES string of the molecule is CC(=O)N[C@H]1C(CO)OCC[C@H]1O[C@@H]1OC(CO)[C@H](O)[C@H](O)C1C. The molecule has 0 aliphatic carbocycles. The van der Waals surface area contributed by atoms with E-state index >= 15 is 0 Å². The summed E-state index contributed by atoms with van der Waals surface area (Å²) < 4.78 is 16.9. The van der Waals surface area contributed by atoms with Crippen LogP contribution in [0.3, 0.4) is 0 Å². The van der Waals surface area contributed by atoms with Gasteiger partial charge in [0, 0.05) is 19.4 Å². The van der Waals surface area contributed by atoms with E-state index in [0.29, 0.717) is 13.0 Å². The third kappa shape index (κ3) is 4.23. The smallest absolute Gasteiger partial charge is 0.217 e. The summed E-state index contributed by atoms with van der Waals surface area (Å²) >= 11 is 0. The molecular formula is C15H27NO8. The Kier molecular flexibility index (Phi) is 6.93. The van der Waals surface area contributed by atoms with Gasteiger partial charge in [-0.2, -0.15) is 0 Å². The van der Waals surface area contributed by atoms with Gasteiger partial charge in [0.2, 0.25) is 5.91 Å². The van der Waals surface area contributed by atoms with Gasteiger partial charge in [-0.15, -0.1) is 0 Å². The number of ether oxygens (including phenoxy) is 3. The van der Waals surface area contributed by atoms with Crippen molar-refractivity contribution in [3.63, 3.8) is 0 Å². The van der Waals surface area contributed by atoms with Crippen LogP contribution in [0.4, 0.5) is 0 Å². The first-order valence-electron chi connectivity index (χ1n) is 8.16. The minimum absolute atomic E-state index is 0.271. The van der Waals surface area contributed by atoms with Crippen LogP contribution in [0.1, 0.15) is 20.3 Å². The molecule has 0 aromatic carbocycles. The first-order chi connectivity index (χ1) is 11.4. The Morgan fingerprint density at radius 3 is 2.46 bits per heavy atom. The van der Waals surface area contributed by atoms with E-state index in [-0.39, 0.29) is 12.5 Å². The average Bonchev–Trinajstić information content (AvgIpc) is 2.56. The van der Waals surface area contributed by atoms with Crippen molar-refractivity contribution in [2.75, 3.05) is 19.8 Å². The maximum Gasteiger partial charge on any atom is 0.217 e. The van der Waals surface area contributed by atoms with Crippen LogP contribution in [0.25, 0.3) is 0 Å². The minimum Gasteiger partial charge on any atom is -0.394 e. The molecule has 1 amide bonds. The molecule has 2 aliphatic heterocycles. The van der Waals surface area contributed by atoms with Crippen LogP contribution in [0.2, 0.25) is 0 Å². The summed E-state index contributed by atoms with van der Waals surface area (Å²) in [6.07, 6.45) is -4.74. The lowest BCUT2D eigenvalue weighted by Gasteiger charge is -2.44. The fraction of sp³-hybridized carbons (Fsp3) is 0.933. The van der Waals surface area contributed by atoms with Gasteiger partial charge in [-0.05, 0) is 6.42 Å². The Bertz CT molecular complexity index is 420. The number of hydrogen-bond donors (Lipinski definition) is 5. The molecule has 2 fully saturated rings. The number of aliphatic hydroxyl groups is 4. The molecule has 140 valence electrons. The predicted molar refractivity (Wildman–Crippen MR) is 80.8 cm³/mol. The monoisotopic (exact) mass is 349 g/mol. The number of carbonyl (C=O) groups is 1. The molecular weight excluding hydrogens is 322 g/mol. The number of aliphatic hydroxyl groups excluding tert-OH is 4. The molecule has 3 unspecified atom stereocenters. The minimum atomic E-state index is -1.20. The third-order valence-electron chi connectivity index (χ3n) is 4.58. The highest BCUT2D eigenvalue weighted by atomic mass is 16.7. The largest absolute Gasteiger partial charge is 0.394 e. The molecule has 5 N–H and O–H groups in total. The molecule has 24 heavy (non-hydrogen) atoms. The number of amides is 1. The van der Waals surface area contributed by atoms with E-state index in [2.05, 4.69) is 5.32 Å². The molecule has 0 bridgehead atoms. The summed E-state index contributed by atoms with van der Waals surface area (Å²) in [5.41, 5.74) is 0. The van der Waals surface area contributed by atoms with Crippen LogP contribution >= 0.6 is 0 Å². The quantitative estimate of drug-likeness (QED) is 0.375. The van der Waals surface area contributed by atoms with Crippen LogP contribution in [0.5, 0.6) is 0 Å². The summed E-state index contributed by atoms with van der Waals surface area (Å²) in [6, 6.07) is -0.561. The van der Waals surface area contributed by atoms with Crippen LogP contribution in [-0.2, 0) is 19.0 Å². The van der Waals surface area contributed by atoms with Crippen molar-refractivity contribution in [2.45, 2.75) is 63.1 Å². The van der Waals surface area contributed by atoms with Gasteiger partial charge in [0.25, 0.3) is 0 Å². The Morgan fingerprint density at radius 2 is 1.88 bits per heavy atom. The second-order valence-corrected chi connectivity index (χ2v) is 6.35. The molecule has 2 aliphatic rings. The van der Waals surface area contributed by atoms with Crippen molar-refractivity contribution < 1.29 is 39.4 Å². The molecule has 9 nitrogen and oxygen atoms in total. The summed E-state index contributed by atoms with van der Waals surface area (Å²) in [5.74, 6) is -0.810. The van der Waals surface area contributed by atoms with Crippen LogP contribution < -0.4 is 5.32 Å². The van der Waals surface area contributed by atoms with Crippen molar-refractivity contribution >= 4 is 5.91 Å². The summed E-state index contributed by atoms with van der Waals surface area (Å²) in [4.78, 5) is 11.4. The van der Waals surface area contributed by atoms with Crippen molar-refractivity contribution in [2.24, 2.45) is 5.92 Å². The van der Waals surface area contributed by atoms with Crippen LogP contribution in [0.15, 0.2) is 0 Å². The van der Waals surface area contributed by atoms with Crippen LogP contribution in [0, 0.1) is 5.92 Å². The van der Waals surface area contributed by atoms with Crippen molar-refractivity contribution in [3.8, 4) is 0 Å². The van der Waals surface area contributed by atoms with Crippen molar-refractivity contribution in [1.29, 1.82) is 0 Å². The molecule has 0 spiro atoms. The molecule has 8 atom stereocenters. The second-order valence-electron chi connectivity index (χ2n) is 6.35.